The Morgan fingerprint density at radius 2 is 2.32 bits per heavy atom. The zero-order chi connectivity index (χ0) is 13.8. The minimum Gasteiger partial charge on any atom is -0.507 e. The SMILES string of the molecule is N#Cc1ccc(O)c(C(=O)NC(N)NC2COC2)c1. The molecule has 7 nitrogen and oxygen atoms in total. The number of ether oxygens (including phenoxy) is 1. The minimum atomic E-state index is -0.744. The van der Waals surface area contributed by atoms with Gasteiger partial charge in [0, 0.05) is 0 Å². The number of rotatable bonds is 4. The molecular weight excluding hydrogens is 248 g/mol. The lowest BCUT2D eigenvalue weighted by molar-refractivity contribution is -0.0112. The molecule has 2 rings (SSSR count). The molecule has 19 heavy (non-hydrogen) atoms. The number of hydrogen-bond donors (Lipinski definition) is 4. The Labute approximate surface area is 110 Å². The van der Waals surface area contributed by atoms with E-state index < -0.39 is 12.2 Å². The first-order valence-corrected chi connectivity index (χ1v) is 5.73. The summed E-state index contributed by atoms with van der Waals surface area (Å²) in [6.07, 6.45) is -0.744. The van der Waals surface area contributed by atoms with Crippen LogP contribution >= 0.6 is 0 Å². The van der Waals surface area contributed by atoms with E-state index in [-0.39, 0.29) is 22.9 Å². The van der Waals surface area contributed by atoms with Crippen LogP contribution in [0.5, 0.6) is 5.75 Å². The molecule has 0 radical (unpaired) electrons. The molecular formula is C12H14N4O3. The Hall–Kier alpha value is -2.14. The lowest BCUT2D eigenvalue weighted by Crippen LogP contribution is -2.60. The predicted octanol–water partition coefficient (Wildman–Crippen LogP) is -0.776. The first-order chi connectivity index (χ1) is 9.10. The van der Waals surface area contributed by atoms with Crippen molar-refractivity contribution in [2.24, 2.45) is 5.73 Å². The second kappa shape index (κ2) is 5.67. The van der Waals surface area contributed by atoms with Gasteiger partial charge in [0.05, 0.1) is 36.5 Å². The van der Waals surface area contributed by atoms with Crippen LogP contribution in [0.4, 0.5) is 0 Å². The third-order valence-electron chi connectivity index (χ3n) is 2.71. The maximum atomic E-state index is 11.9. The topological polar surface area (TPSA) is 120 Å². The Morgan fingerprint density at radius 3 is 2.89 bits per heavy atom. The van der Waals surface area contributed by atoms with E-state index in [9.17, 15) is 9.90 Å². The Bertz CT molecular complexity index is 522. The molecule has 1 heterocycles. The lowest BCUT2D eigenvalue weighted by Gasteiger charge is -2.30. The standard InChI is InChI=1S/C12H14N4O3/c13-4-7-1-2-10(17)9(3-7)11(18)16-12(14)15-8-5-19-6-8/h1-3,8,12,15,17H,5-6,14H2,(H,16,18). The molecule has 1 aromatic rings. The van der Waals surface area contributed by atoms with Gasteiger partial charge in [-0.05, 0) is 18.2 Å². The summed E-state index contributed by atoms with van der Waals surface area (Å²) >= 11 is 0. The van der Waals surface area contributed by atoms with Crippen LogP contribution in [0.2, 0.25) is 0 Å². The highest BCUT2D eigenvalue weighted by molar-refractivity contribution is 5.97. The summed E-state index contributed by atoms with van der Waals surface area (Å²) in [7, 11) is 0. The van der Waals surface area contributed by atoms with Gasteiger partial charge in [0.25, 0.3) is 5.91 Å². The largest absolute Gasteiger partial charge is 0.507 e. The van der Waals surface area contributed by atoms with Crippen molar-refractivity contribution >= 4 is 5.91 Å². The van der Waals surface area contributed by atoms with Crippen LogP contribution in [0.15, 0.2) is 18.2 Å². The molecule has 0 spiro atoms. The molecule has 1 fully saturated rings. The fourth-order valence-corrected chi connectivity index (χ4v) is 1.63. The van der Waals surface area contributed by atoms with Crippen LogP contribution in [0.25, 0.3) is 0 Å². The summed E-state index contributed by atoms with van der Waals surface area (Å²) in [5.41, 5.74) is 6.00. The maximum absolute atomic E-state index is 11.9. The van der Waals surface area contributed by atoms with Gasteiger partial charge >= 0.3 is 0 Å². The molecule has 1 aliphatic rings. The fraction of sp³-hybridized carbons (Fsp3) is 0.333. The fourth-order valence-electron chi connectivity index (χ4n) is 1.63. The number of nitriles is 1. The monoisotopic (exact) mass is 262 g/mol. The number of phenols is 1. The molecule has 0 aromatic heterocycles. The van der Waals surface area contributed by atoms with Crippen LogP contribution in [0.1, 0.15) is 15.9 Å². The predicted molar refractivity (Wildman–Crippen MR) is 66.0 cm³/mol. The maximum Gasteiger partial charge on any atom is 0.257 e. The molecule has 1 amide bonds. The second-order valence-electron chi connectivity index (χ2n) is 4.20. The zero-order valence-electron chi connectivity index (χ0n) is 10.1. The average molecular weight is 262 g/mol. The molecule has 1 aromatic carbocycles. The van der Waals surface area contributed by atoms with Gasteiger partial charge in [-0.3, -0.25) is 15.8 Å². The van der Waals surface area contributed by atoms with Crippen LogP contribution < -0.4 is 16.4 Å². The van der Waals surface area contributed by atoms with Crippen molar-refractivity contribution < 1.29 is 14.6 Å². The highest BCUT2D eigenvalue weighted by Crippen LogP contribution is 2.17. The number of carbonyl (C=O) groups excluding carboxylic acids is 1. The smallest absolute Gasteiger partial charge is 0.257 e. The second-order valence-corrected chi connectivity index (χ2v) is 4.20. The van der Waals surface area contributed by atoms with E-state index in [4.69, 9.17) is 15.7 Å². The quantitative estimate of drug-likeness (QED) is 0.528. The van der Waals surface area contributed by atoms with Crippen molar-refractivity contribution in [2.75, 3.05) is 13.2 Å². The van der Waals surface area contributed by atoms with Crippen LogP contribution in [0, 0.1) is 11.3 Å². The molecule has 0 aliphatic carbocycles. The minimum absolute atomic E-state index is 0.0150. The first-order valence-electron chi connectivity index (χ1n) is 5.73. The number of carbonyl (C=O) groups is 1. The Morgan fingerprint density at radius 1 is 1.58 bits per heavy atom. The number of nitrogens with zero attached hydrogens (tertiary/aromatic N) is 1. The van der Waals surface area contributed by atoms with E-state index in [2.05, 4.69) is 10.6 Å². The van der Waals surface area contributed by atoms with E-state index in [1.807, 2.05) is 6.07 Å². The number of hydrogen-bond acceptors (Lipinski definition) is 6. The van der Waals surface area contributed by atoms with Gasteiger partial charge in [-0.1, -0.05) is 0 Å². The molecule has 0 saturated carbocycles. The Balaban J connectivity index is 2.00. The number of aromatic hydroxyl groups is 1. The number of nitrogens with one attached hydrogen (secondary N) is 2. The van der Waals surface area contributed by atoms with Crippen molar-refractivity contribution in [3.8, 4) is 11.8 Å². The van der Waals surface area contributed by atoms with Crippen LogP contribution in [0.3, 0.4) is 0 Å². The highest BCUT2D eigenvalue weighted by Gasteiger charge is 2.22. The van der Waals surface area contributed by atoms with Crippen LogP contribution in [-0.4, -0.2) is 36.6 Å². The molecule has 1 atom stereocenters. The van der Waals surface area contributed by atoms with Crippen LogP contribution in [-0.2, 0) is 4.74 Å². The van der Waals surface area contributed by atoms with Gasteiger partial charge in [0.1, 0.15) is 12.0 Å². The summed E-state index contributed by atoms with van der Waals surface area (Å²) in [4.78, 5) is 11.9. The molecule has 1 saturated heterocycles. The first kappa shape index (κ1) is 13.3. The molecule has 5 N–H and O–H groups in total. The zero-order valence-corrected chi connectivity index (χ0v) is 10.1. The number of nitrogens with two attached hydrogens (primary N) is 1. The van der Waals surface area contributed by atoms with E-state index in [1.54, 1.807) is 0 Å². The van der Waals surface area contributed by atoms with Crippen molar-refractivity contribution in [3.05, 3.63) is 29.3 Å². The van der Waals surface area contributed by atoms with Gasteiger partial charge in [0.15, 0.2) is 0 Å². The number of phenolic OH excluding ortho intramolecular Hbond substituents is 1. The summed E-state index contributed by atoms with van der Waals surface area (Å²) in [5, 5.41) is 23.8. The highest BCUT2D eigenvalue weighted by atomic mass is 16.5. The van der Waals surface area contributed by atoms with E-state index >= 15 is 0 Å². The number of amides is 1. The van der Waals surface area contributed by atoms with Crippen molar-refractivity contribution in [1.82, 2.24) is 10.6 Å². The number of benzene rings is 1. The van der Waals surface area contributed by atoms with Crippen molar-refractivity contribution in [2.45, 2.75) is 12.3 Å². The van der Waals surface area contributed by atoms with Gasteiger partial charge in [-0.2, -0.15) is 5.26 Å². The summed E-state index contributed by atoms with van der Waals surface area (Å²) < 4.78 is 4.97. The van der Waals surface area contributed by atoms with Crippen molar-refractivity contribution in [3.63, 3.8) is 0 Å². The molecule has 0 bridgehead atoms. The molecule has 1 unspecified atom stereocenters. The van der Waals surface area contributed by atoms with Gasteiger partial charge in [0.2, 0.25) is 0 Å². The van der Waals surface area contributed by atoms with E-state index in [1.165, 1.54) is 18.2 Å². The molecule has 1 aliphatic heterocycles. The third-order valence-corrected chi connectivity index (χ3v) is 2.71. The lowest BCUT2D eigenvalue weighted by atomic mass is 10.1. The van der Waals surface area contributed by atoms with Gasteiger partial charge in [-0.25, -0.2) is 0 Å². The normalized spacial score (nSPS) is 16.2. The summed E-state index contributed by atoms with van der Waals surface area (Å²) in [5.74, 6) is -0.745. The van der Waals surface area contributed by atoms with Gasteiger partial charge < -0.3 is 15.2 Å². The molecule has 100 valence electrons. The summed E-state index contributed by atoms with van der Waals surface area (Å²) in [6, 6.07) is 6.05. The third kappa shape index (κ3) is 3.20. The Kier molecular flexibility index (Phi) is 3.97. The molecule has 7 heteroatoms. The van der Waals surface area contributed by atoms with Gasteiger partial charge in [-0.15, -0.1) is 0 Å². The van der Waals surface area contributed by atoms with E-state index in [0.717, 1.165) is 0 Å². The van der Waals surface area contributed by atoms with Crippen molar-refractivity contribution in [1.29, 1.82) is 5.26 Å². The van der Waals surface area contributed by atoms with E-state index in [0.29, 0.717) is 13.2 Å². The summed E-state index contributed by atoms with van der Waals surface area (Å²) in [6.45, 7) is 1.11. The average Bonchev–Trinajstić information content (AvgIpc) is 2.34.